The van der Waals surface area contributed by atoms with Crippen LogP contribution in [-0.2, 0) is 16.1 Å². The van der Waals surface area contributed by atoms with Crippen LogP contribution in [0.15, 0.2) is 54.6 Å². The highest BCUT2D eigenvalue weighted by Crippen LogP contribution is 2.14. The van der Waals surface area contributed by atoms with Gasteiger partial charge in [-0.25, -0.2) is 4.79 Å². The molecule has 0 amide bonds. The van der Waals surface area contributed by atoms with Gasteiger partial charge in [-0.05, 0) is 23.8 Å². The van der Waals surface area contributed by atoms with Crippen LogP contribution in [0.5, 0.6) is 5.75 Å². The second kappa shape index (κ2) is 7.01. The molecule has 0 atom stereocenters. The summed E-state index contributed by atoms with van der Waals surface area (Å²) in [7, 11) is 1.30. The highest BCUT2D eigenvalue weighted by Gasteiger charge is 1.97. The van der Waals surface area contributed by atoms with Crippen LogP contribution in [0.2, 0.25) is 0 Å². The van der Waals surface area contributed by atoms with Crippen LogP contribution >= 0.6 is 0 Å². The van der Waals surface area contributed by atoms with Gasteiger partial charge < -0.3 is 9.47 Å². The summed E-state index contributed by atoms with van der Waals surface area (Å²) >= 11 is 0. The number of carbonyl (C=O) groups is 1. The number of hydrogen-bond donors (Lipinski definition) is 0. The first-order valence-corrected chi connectivity index (χ1v) is 6.14. The van der Waals surface area contributed by atoms with Gasteiger partial charge in [0.05, 0.1) is 7.11 Å². The van der Waals surface area contributed by atoms with E-state index in [0.29, 0.717) is 17.9 Å². The topological polar surface area (TPSA) is 35.5 Å². The summed E-state index contributed by atoms with van der Waals surface area (Å²) in [4.78, 5) is 11.0. The monoisotopic (exact) mass is 266 g/mol. The van der Waals surface area contributed by atoms with Gasteiger partial charge in [-0.2, -0.15) is 0 Å². The van der Waals surface area contributed by atoms with Crippen LogP contribution in [-0.4, -0.2) is 13.1 Å². The first-order valence-electron chi connectivity index (χ1n) is 6.14. The molecule has 0 heterocycles. The number of benzene rings is 2. The van der Waals surface area contributed by atoms with Crippen molar-refractivity contribution < 1.29 is 14.3 Å². The van der Waals surface area contributed by atoms with Gasteiger partial charge in [-0.3, -0.25) is 0 Å². The molecule has 0 saturated carbocycles. The average Bonchev–Trinajstić information content (AvgIpc) is 2.52. The van der Waals surface area contributed by atoms with E-state index >= 15 is 0 Å². The van der Waals surface area contributed by atoms with Crippen molar-refractivity contribution in [2.45, 2.75) is 6.61 Å². The molecule has 0 fully saturated rings. The Kier molecular flexibility index (Phi) is 4.80. The van der Waals surface area contributed by atoms with E-state index in [0.717, 1.165) is 5.56 Å². The van der Waals surface area contributed by atoms with Crippen molar-refractivity contribution in [3.05, 3.63) is 65.7 Å². The summed E-state index contributed by atoms with van der Waals surface area (Å²) < 4.78 is 10.1. The molecule has 0 spiro atoms. The zero-order chi connectivity index (χ0) is 14.2. The van der Waals surface area contributed by atoms with Crippen molar-refractivity contribution in [3.63, 3.8) is 0 Å². The molecule has 100 valence electrons. The predicted octanol–water partition coefficient (Wildman–Crippen LogP) is 2.79. The van der Waals surface area contributed by atoms with Gasteiger partial charge in [0.15, 0.2) is 0 Å². The molecule has 2 rings (SSSR count). The fourth-order valence-electron chi connectivity index (χ4n) is 1.58. The summed E-state index contributed by atoms with van der Waals surface area (Å²) in [5, 5.41) is 0. The molecule has 0 N–H and O–H groups in total. The molecule has 2 aromatic carbocycles. The largest absolute Gasteiger partial charge is 0.489 e. The van der Waals surface area contributed by atoms with Gasteiger partial charge in [0.2, 0.25) is 0 Å². The van der Waals surface area contributed by atoms with E-state index in [9.17, 15) is 4.79 Å². The molecule has 20 heavy (non-hydrogen) atoms. The summed E-state index contributed by atoms with van der Waals surface area (Å²) in [6.45, 7) is 0.495. The molecule has 0 aliphatic carbocycles. The van der Waals surface area contributed by atoms with Crippen LogP contribution in [0.3, 0.4) is 0 Å². The standard InChI is InChI=1S/C17H14O3/c1-19-17(18)11-10-14-8-5-9-16(12-14)20-13-15-6-3-2-4-7-15/h2-9,12H,13H2,1H3. The molecule has 3 nitrogen and oxygen atoms in total. The average molecular weight is 266 g/mol. The molecule has 0 radical (unpaired) electrons. The Morgan fingerprint density at radius 3 is 2.65 bits per heavy atom. The maximum absolute atomic E-state index is 11.0. The van der Waals surface area contributed by atoms with Crippen LogP contribution in [0.4, 0.5) is 0 Å². The molecular weight excluding hydrogens is 252 g/mol. The van der Waals surface area contributed by atoms with E-state index in [2.05, 4.69) is 16.6 Å². The molecule has 0 bridgehead atoms. The Morgan fingerprint density at radius 1 is 1.10 bits per heavy atom. The smallest absolute Gasteiger partial charge is 0.384 e. The number of rotatable bonds is 3. The minimum absolute atomic E-state index is 0.495. The number of esters is 1. The first-order chi connectivity index (χ1) is 9.78. The number of hydrogen-bond acceptors (Lipinski definition) is 3. The molecular formula is C17H14O3. The molecule has 2 aromatic rings. The van der Waals surface area contributed by atoms with Gasteiger partial charge in [0.1, 0.15) is 12.4 Å². The van der Waals surface area contributed by atoms with Crippen molar-refractivity contribution in [1.29, 1.82) is 0 Å². The van der Waals surface area contributed by atoms with Crippen LogP contribution in [0.1, 0.15) is 11.1 Å². The summed E-state index contributed by atoms with van der Waals surface area (Å²) in [6, 6.07) is 17.2. The van der Waals surface area contributed by atoms with Crippen molar-refractivity contribution >= 4 is 5.97 Å². The third-order valence-electron chi connectivity index (χ3n) is 2.58. The lowest BCUT2D eigenvalue weighted by Crippen LogP contribution is -1.96. The van der Waals surface area contributed by atoms with E-state index in [1.807, 2.05) is 48.5 Å². The van der Waals surface area contributed by atoms with Gasteiger partial charge >= 0.3 is 5.97 Å². The number of carbonyl (C=O) groups excluding carboxylic acids is 1. The minimum Gasteiger partial charge on any atom is -0.489 e. The first kappa shape index (κ1) is 13.7. The Bertz CT molecular complexity index is 636. The van der Waals surface area contributed by atoms with E-state index in [1.54, 1.807) is 6.07 Å². The van der Waals surface area contributed by atoms with Crippen molar-refractivity contribution in [2.24, 2.45) is 0 Å². The molecule has 0 aromatic heterocycles. The number of methoxy groups -OCH3 is 1. The van der Waals surface area contributed by atoms with Gasteiger partial charge in [-0.1, -0.05) is 42.3 Å². The van der Waals surface area contributed by atoms with Crippen molar-refractivity contribution in [2.75, 3.05) is 7.11 Å². The Morgan fingerprint density at radius 2 is 1.90 bits per heavy atom. The predicted molar refractivity (Wildman–Crippen MR) is 76.1 cm³/mol. The molecule has 3 heteroatoms. The van der Waals surface area contributed by atoms with E-state index < -0.39 is 5.97 Å². The maximum atomic E-state index is 11.0. The normalized spacial score (nSPS) is 9.25. The molecule has 0 aliphatic rings. The summed E-state index contributed by atoms with van der Waals surface area (Å²) in [5.41, 5.74) is 1.81. The molecule has 0 saturated heterocycles. The van der Waals surface area contributed by atoms with E-state index in [-0.39, 0.29) is 0 Å². The highest BCUT2D eigenvalue weighted by molar-refractivity contribution is 5.89. The van der Waals surface area contributed by atoms with Gasteiger partial charge in [0.25, 0.3) is 0 Å². The zero-order valence-electron chi connectivity index (χ0n) is 11.1. The molecule has 0 aliphatic heterocycles. The van der Waals surface area contributed by atoms with Crippen LogP contribution in [0.25, 0.3) is 0 Å². The highest BCUT2D eigenvalue weighted by atomic mass is 16.5. The van der Waals surface area contributed by atoms with Gasteiger partial charge in [0, 0.05) is 11.5 Å². The zero-order valence-corrected chi connectivity index (χ0v) is 11.1. The lowest BCUT2D eigenvalue weighted by molar-refractivity contribution is -0.133. The fourth-order valence-corrected chi connectivity index (χ4v) is 1.58. The maximum Gasteiger partial charge on any atom is 0.384 e. The summed E-state index contributed by atoms with van der Waals surface area (Å²) in [5.74, 6) is 5.27. The Hall–Kier alpha value is -2.73. The third-order valence-corrected chi connectivity index (χ3v) is 2.58. The molecule has 0 unspecified atom stereocenters. The lowest BCUT2D eigenvalue weighted by Gasteiger charge is -2.06. The fraction of sp³-hybridized carbons (Fsp3) is 0.118. The lowest BCUT2D eigenvalue weighted by atomic mass is 10.2. The second-order valence-corrected chi connectivity index (χ2v) is 4.04. The third kappa shape index (κ3) is 4.18. The quantitative estimate of drug-likeness (QED) is 0.633. The van der Waals surface area contributed by atoms with Crippen molar-refractivity contribution in [3.8, 4) is 17.6 Å². The van der Waals surface area contributed by atoms with Crippen LogP contribution < -0.4 is 4.74 Å². The SMILES string of the molecule is COC(=O)C#Cc1cccc(OCc2ccccc2)c1. The van der Waals surface area contributed by atoms with Crippen molar-refractivity contribution in [1.82, 2.24) is 0 Å². The Balaban J connectivity index is 2.02. The summed E-state index contributed by atoms with van der Waals surface area (Å²) in [6.07, 6.45) is 0. The number of ether oxygens (including phenoxy) is 2. The Labute approximate surface area is 118 Å². The van der Waals surface area contributed by atoms with E-state index in [1.165, 1.54) is 7.11 Å². The van der Waals surface area contributed by atoms with Gasteiger partial charge in [-0.15, -0.1) is 0 Å². The van der Waals surface area contributed by atoms with E-state index in [4.69, 9.17) is 4.74 Å². The van der Waals surface area contributed by atoms with Crippen LogP contribution in [0, 0.1) is 11.8 Å². The second-order valence-electron chi connectivity index (χ2n) is 4.04. The minimum atomic E-state index is -0.555.